The quantitative estimate of drug-likeness (QED) is 0.830. The predicted octanol–water partition coefficient (Wildman–Crippen LogP) is 2.49. The van der Waals surface area contributed by atoms with Gasteiger partial charge in [0.1, 0.15) is 11.7 Å². The van der Waals surface area contributed by atoms with Gasteiger partial charge < -0.3 is 15.0 Å². The molecule has 0 aliphatic heterocycles. The number of aromatic amines is 1. The first-order chi connectivity index (χ1) is 10.0. The van der Waals surface area contributed by atoms with E-state index in [1.54, 1.807) is 6.07 Å². The van der Waals surface area contributed by atoms with Crippen molar-refractivity contribution in [3.63, 3.8) is 0 Å². The molecular formula is C16H20N2O3. The Bertz CT molecular complexity index is 613. The van der Waals surface area contributed by atoms with E-state index in [-0.39, 0.29) is 11.8 Å². The molecule has 1 atom stereocenters. The molecule has 1 aromatic carbocycles. The second-order valence-electron chi connectivity index (χ2n) is 5.45. The minimum atomic E-state index is -0.631. The molecule has 2 N–H and O–H groups in total. The van der Waals surface area contributed by atoms with Gasteiger partial charge >= 0.3 is 5.97 Å². The highest BCUT2D eigenvalue weighted by Crippen LogP contribution is 2.15. The minimum Gasteiger partial charge on any atom is -0.467 e. The Morgan fingerprint density at radius 3 is 2.62 bits per heavy atom. The molecule has 0 spiro atoms. The number of esters is 1. The molecule has 1 amide bonds. The predicted molar refractivity (Wildman–Crippen MR) is 81.0 cm³/mol. The summed E-state index contributed by atoms with van der Waals surface area (Å²) in [5, 5.41) is 3.69. The lowest BCUT2D eigenvalue weighted by atomic mass is 10.0. The summed E-state index contributed by atoms with van der Waals surface area (Å²) in [5.41, 5.74) is 1.33. The monoisotopic (exact) mass is 288 g/mol. The number of benzene rings is 1. The average molecular weight is 288 g/mol. The van der Waals surface area contributed by atoms with Crippen LogP contribution in [0.15, 0.2) is 30.3 Å². The second-order valence-corrected chi connectivity index (χ2v) is 5.45. The SMILES string of the molecule is COC(=O)[C@@H](CC(C)C)NC(=O)c1cc2ccccc2[nH]1. The van der Waals surface area contributed by atoms with Crippen LogP contribution in [0.25, 0.3) is 10.9 Å². The zero-order valence-corrected chi connectivity index (χ0v) is 12.5. The molecule has 112 valence electrons. The van der Waals surface area contributed by atoms with Crippen molar-refractivity contribution in [3.05, 3.63) is 36.0 Å². The molecule has 0 saturated heterocycles. The number of ether oxygens (including phenoxy) is 1. The van der Waals surface area contributed by atoms with Crippen LogP contribution >= 0.6 is 0 Å². The molecule has 5 nitrogen and oxygen atoms in total. The lowest BCUT2D eigenvalue weighted by Gasteiger charge is -2.17. The molecule has 1 heterocycles. The zero-order chi connectivity index (χ0) is 15.4. The Balaban J connectivity index is 2.15. The number of amides is 1. The van der Waals surface area contributed by atoms with Gasteiger partial charge in [0, 0.05) is 10.9 Å². The Kier molecular flexibility index (Phi) is 4.62. The van der Waals surface area contributed by atoms with Gasteiger partial charge in [0.25, 0.3) is 5.91 Å². The van der Waals surface area contributed by atoms with Crippen LogP contribution in [-0.4, -0.2) is 30.0 Å². The first-order valence-corrected chi connectivity index (χ1v) is 6.97. The van der Waals surface area contributed by atoms with E-state index in [9.17, 15) is 9.59 Å². The van der Waals surface area contributed by atoms with E-state index in [0.29, 0.717) is 12.1 Å². The van der Waals surface area contributed by atoms with Crippen molar-refractivity contribution in [2.75, 3.05) is 7.11 Å². The fourth-order valence-corrected chi connectivity index (χ4v) is 2.26. The van der Waals surface area contributed by atoms with Crippen molar-refractivity contribution in [3.8, 4) is 0 Å². The van der Waals surface area contributed by atoms with Crippen LogP contribution in [0, 0.1) is 5.92 Å². The van der Waals surface area contributed by atoms with Crippen LogP contribution < -0.4 is 5.32 Å². The smallest absolute Gasteiger partial charge is 0.328 e. The number of H-pyrrole nitrogens is 1. The zero-order valence-electron chi connectivity index (χ0n) is 12.5. The van der Waals surface area contributed by atoms with E-state index in [0.717, 1.165) is 10.9 Å². The number of hydrogen-bond donors (Lipinski definition) is 2. The number of methoxy groups -OCH3 is 1. The van der Waals surface area contributed by atoms with Gasteiger partial charge in [0.15, 0.2) is 0 Å². The number of hydrogen-bond acceptors (Lipinski definition) is 3. The Labute approximate surface area is 123 Å². The van der Waals surface area contributed by atoms with Crippen LogP contribution in [0.2, 0.25) is 0 Å². The van der Waals surface area contributed by atoms with E-state index in [4.69, 9.17) is 4.74 Å². The van der Waals surface area contributed by atoms with Gasteiger partial charge in [-0.25, -0.2) is 4.79 Å². The largest absolute Gasteiger partial charge is 0.467 e. The van der Waals surface area contributed by atoms with Gasteiger partial charge in [-0.15, -0.1) is 0 Å². The van der Waals surface area contributed by atoms with Gasteiger partial charge in [0.2, 0.25) is 0 Å². The highest BCUT2D eigenvalue weighted by Gasteiger charge is 2.23. The Morgan fingerprint density at radius 2 is 2.00 bits per heavy atom. The Hall–Kier alpha value is -2.30. The maximum absolute atomic E-state index is 12.3. The molecule has 0 radical (unpaired) electrons. The standard InChI is InChI=1S/C16H20N2O3/c1-10(2)8-14(16(20)21-3)18-15(19)13-9-11-6-4-5-7-12(11)17-13/h4-7,9-10,14,17H,8H2,1-3H3,(H,18,19)/t14-/m1/s1. The number of rotatable bonds is 5. The molecule has 0 saturated carbocycles. The summed E-state index contributed by atoms with van der Waals surface area (Å²) in [7, 11) is 1.32. The highest BCUT2D eigenvalue weighted by molar-refractivity contribution is 5.99. The normalized spacial score (nSPS) is 12.4. The van der Waals surface area contributed by atoms with Crippen LogP contribution in [0.1, 0.15) is 30.8 Å². The molecule has 0 fully saturated rings. The third kappa shape index (κ3) is 3.62. The van der Waals surface area contributed by atoms with Gasteiger partial charge in [-0.2, -0.15) is 0 Å². The van der Waals surface area contributed by atoms with E-state index >= 15 is 0 Å². The van der Waals surface area contributed by atoms with Gasteiger partial charge in [-0.1, -0.05) is 32.0 Å². The molecule has 1 aromatic heterocycles. The van der Waals surface area contributed by atoms with Crippen molar-refractivity contribution in [2.45, 2.75) is 26.3 Å². The number of nitrogens with one attached hydrogen (secondary N) is 2. The van der Waals surface area contributed by atoms with Gasteiger partial charge in [-0.05, 0) is 24.5 Å². The second kappa shape index (κ2) is 6.43. The van der Waals surface area contributed by atoms with E-state index in [1.165, 1.54) is 7.11 Å². The summed E-state index contributed by atoms with van der Waals surface area (Å²) in [5.74, 6) is -0.451. The van der Waals surface area contributed by atoms with Crippen LogP contribution in [0.3, 0.4) is 0 Å². The maximum Gasteiger partial charge on any atom is 0.328 e. The molecular weight excluding hydrogens is 268 g/mol. The topological polar surface area (TPSA) is 71.2 Å². The summed E-state index contributed by atoms with van der Waals surface area (Å²) >= 11 is 0. The molecule has 5 heteroatoms. The number of aromatic nitrogens is 1. The van der Waals surface area contributed by atoms with Crippen molar-refractivity contribution >= 4 is 22.8 Å². The van der Waals surface area contributed by atoms with Crippen molar-refractivity contribution in [1.29, 1.82) is 0 Å². The fraction of sp³-hybridized carbons (Fsp3) is 0.375. The maximum atomic E-state index is 12.3. The first-order valence-electron chi connectivity index (χ1n) is 6.97. The van der Waals surface area contributed by atoms with Crippen LogP contribution in [0.5, 0.6) is 0 Å². The molecule has 2 rings (SSSR count). The van der Waals surface area contributed by atoms with Crippen LogP contribution in [-0.2, 0) is 9.53 Å². The number of fused-ring (bicyclic) bond motifs is 1. The lowest BCUT2D eigenvalue weighted by Crippen LogP contribution is -2.42. The summed E-state index contributed by atoms with van der Waals surface area (Å²) in [4.78, 5) is 27.1. The van der Waals surface area contributed by atoms with E-state index < -0.39 is 12.0 Å². The van der Waals surface area contributed by atoms with Crippen molar-refractivity contribution in [1.82, 2.24) is 10.3 Å². The molecule has 0 aliphatic carbocycles. The summed E-state index contributed by atoms with van der Waals surface area (Å²) in [6, 6.07) is 8.78. The van der Waals surface area contributed by atoms with Crippen LogP contribution in [0.4, 0.5) is 0 Å². The summed E-state index contributed by atoms with van der Waals surface area (Å²) in [6.07, 6.45) is 0.540. The fourth-order valence-electron chi connectivity index (χ4n) is 2.26. The molecule has 2 aromatic rings. The van der Waals surface area contributed by atoms with Gasteiger partial charge in [0.05, 0.1) is 7.11 Å². The first kappa shape index (κ1) is 15.1. The Morgan fingerprint density at radius 1 is 1.29 bits per heavy atom. The number of carbonyl (C=O) groups is 2. The van der Waals surface area contributed by atoms with E-state index in [1.807, 2.05) is 38.1 Å². The summed E-state index contributed by atoms with van der Waals surface area (Å²) < 4.78 is 4.75. The van der Waals surface area contributed by atoms with Crippen molar-refractivity contribution < 1.29 is 14.3 Å². The molecule has 0 bridgehead atoms. The minimum absolute atomic E-state index is 0.275. The van der Waals surface area contributed by atoms with E-state index in [2.05, 4.69) is 10.3 Å². The third-order valence-electron chi connectivity index (χ3n) is 3.27. The molecule has 0 aliphatic rings. The molecule has 0 unspecified atom stereocenters. The molecule has 21 heavy (non-hydrogen) atoms. The third-order valence-corrected chi connectivity index (χ3v) is 3.27. The lowest BCUT2D eigenvalue weighted by molar-refractivity contribution is -0.143. The highest BCUT2D eigenvalue weighted by atomic mass is 16.5. The van der Waals surface area contributed by atoms with Crippen molar-refractivity contribution in [2.24, 2.45) is 5.92 Å². The summed E-state index contributed by atoms with van der Waals surface area (Å²) in [6.45, 7) is 3.98. The van der Waals surface area contributed by atoms with Gasteiger partial charge in [-0.3, -0.25) is 4.79 Å². The average Bonchev–Trinajstić information content (AvgIpc) is 2.89. The number of para-hydroxylation sites is 1. The number of carbonyl (C=O) groups excluding carboxylic acids is 2.